The zero-order chi connectivity index (χ0) is 26.9. The van der Waals surface area contributed by atoms with Crippen LogP contribution >= 0.6 is 11.6 Å². The summed E-state index contributed by atoms with van der Waals surface area (Å²) in [6.07, 6.45) is 2.27. The Morgan fingerprint density at radius 2 is 1.89 bits per heavy atom. The number of aliphatic hydroxyl groups excluding tert-OH is 1. The maximum Gasteiger partial charge on any atom is 0.254 e. The number of hydrogen-bond donors (Lipinski definition) is 3. The van der Waals surface area contributed by atoms with Gasteiger partial charge in [0.05, 0.1) is 16.1 Å². The van der Waals surface area contributed by atoms with Crippen molar-refractivity contribution < 1.29 is 14.3 Å². The van der Waals surface area contributed by atoms with Gasteiger partial charge in [-0.1, -0.05) is 55.8 Å². The molecular weight excluding hydrogens is 494 g/mol. The van der Waals surface area contributed by atoms with Crippen LogP contribution in [0.5, 0.6) is 0 Å². The maximum absolute atomic E-state index is 12.1. The van der Waals surface area contributed by atoms with Crippen molar-refractivity contribution >= 4 is 35.0 Å². The van der Waals surface area contributed by atoms with E-state index in [2.05, 4.69) is 25.5 Å². The molecule has 0 spiro atoms. The lowest BCUT2D eigenvalue weighted by atomic mass is 10.2. The molecule has 11 heteroatoms. The van der Waals surface area contributed by atoms with E-state index >= 15 is 0 Å². The van der Waals surface area contributed by atoms with Crippen LogP contribution in [0.15, 0.2) is 59.1 Å². The summed E-state index contributed by atoms with van der Waals surface area (Å²) >= 11 is 6.22. The van der Waals surface area contributed by atoms with Crippen LogP contribution < -0.4 is 11.1 Å². The second kappa shape index (κ2) is 12.8. The molecule has 10 nitrogen and oxygen atoms in total. The monoisotopic (exact) mass is 523 g/mol. The van der Waals surface area contributed by atoms with Crippen LogP contribution in [0.1, 0.15) is 41.6 Å². The quantitative estimate of drug-likeness (QED) is 0.317. The van der Waals surface area contributed by atoms with E-state index in [1.165, 1.54) is 16.7 Å². The van der Waals surface area contributed by atoms with Crippen molar-refractivity contribution in [2.75, 3.05) is 31.8 Å². The SMILES string of the molecule is CC(C)c1nnc(-c2cnc(Nc3ccc(C(=O)N(C)C)c(Cl)c3)nc2N)o1.OCCc1ccccc1. The average molecular weight is 524 g/mol. The summed E-state index contributed by atoms with van der Waals surface area (Å²) in [5, 5.41) is 19.8. The Morgan fingerprint density at radius 1 is 1.16 bits per heavy atom. The van der Waals surface area contributed by atoms with Crippen LogP contribution in [0, 0.1) is 0 Å². The van der Waals surface area contributed by atoms with Gasteiger partial charge in [0.25, 0.3) is 11.8 Å². The average Bonchev–Trinajstić information content (AvgIpc) is 3.36. The van der Waals surface area contributed by atoms with Crippen molar-refractivity contribution in [3.8, 4) is 11.5 Å². The standard InChI is InChI=1S/C18H20ClN7O2.C8H10O/c1-9(2)15-24-25-16(28-15)12-8-21-18(23-14(12)20)22-10-5-6-11(13(19)7-10)17(27)26(3)4;9-7-6-8-4-2-1-3-5-8/h5-9H,1-4H3,(H3,20,21,22,23);1-5,9H,6-7H2. The molecule has 0 unspecified atom stereocenters. The van der Waals surface area contributed by atoms with E-state index in [4.69, 9.17) is 26.9 Å². The van der Waals surface area contributed by atoms with E-state index in [1.807, 2.05) is 44.2 Å². The van der Waals surface area contributed by atoms with Gasteiger partial charge in [-0.25, -0.2) is 4.98 Å². The Morgan fingerprint density at radius 3 is 2.46 bits per heavy atom. The maximum atomic E-state index is 12.1. The van der Waals surface area contributed by atoms with Crippen LogP contribution in [-0.4, -0.2) is 56.8 Å². The summed E-state index contributed by atoms with van der Waals surface area (Å²) < 4.78 is 5.58. The van der Waals surface area contributed by atoms with Crippen LogP contribution in [0.25, 0.3) is 11.5 Å². The number of aliphatic hydroxyl groups is 1. The molecule has 4 aromatic rings. The Balaban J connectivity index is 0.000000356. The first-order valence-electron chi connectivity index (χ1n) is 11.6. The molecule has 0 atom stereocenters. The number of nitrogens with one attached hydrogen (secondary N) is 1. The van der Waals surface area contributed by atoms with Crippen molar-refractivity contribution in [3.63, 3.8) is 0 Å². The summed E-state index contributed by atoms with van der Waals surface area (Å²) in [6.45, 7) is 4.14. The number of benzene rings is 2. The van der Waals surface area contributed by atoms with Gasteiger partial charge >= 0.3 is 0 Å². The molecule has 0 saturated heterocycles. The second-order valence-corrected chi connectivity index (χ2v) is 8.98. The summed E-state index contributed by atoms with van der Waals surface area (Å²) in [4.78, 5) is 22.0. The number of nitrogen functional groups attached to an aromatic ring is 1. The van der Waals surface area contributed by atoms with E-state index in [-0.39, 0.29) is 36.1 Å². The molecule has 0 aliphatic carbocycles. The number of halogens is 1. The summed E-state index contributed by atoms with van der Waals surface area (Å²) in [7, 11) is 3.33. The molecule has 2 aromatic heterocycles. The molecule has 2 aromatic carbocycles. The molecule has 0 bridgehead atoms. The van der Waals surface area contributed by atoms with Crippen molar-refractivity contribution in [1.29, 1.82) is 0 Å². The second-order valence-electron chi connectivity index (χ2n) is 8.57. The zero-order valence-electron chi connectivity index (χ0n) is 21.1. The van der Waals surface area contributed by atoms with Gasteiger partial charge < -0.3 is 25.5 Å². The first-order valence-corrected chi connectivity index (χ1v) is 12.0. The van der Waals surface area contributed by atoms with Crippen molar-refractivity contribution in [3.05, 3.63) is 76.8 Å². The minimum absolute atomic E-state index is 0.108. The van der Waals surface area contributed by atoms with E-state index in [1.54, 1.807) is 32.3 Å². The van der Waals surface area contributed by atoms with Gasteiger partial charge in [-0.3, -0.25) is 4.79 Å². The molecule has 0 aliphatic heterocycles. The Bertz CT molecular complexity index is 1330. The zero-order valence-corrected chi connectivity index (χ0v) is 21.9. The van der Waals surface area contributed by atoms with E-state index in [9.17, 15) is 4.79 Å². The molecule has 4 N–H and O–H groups in total. The molecule has 0 aliphatic rings. The highest BCUT2D eigenvalue weighted by Gasteiger charge is 2.16. The molecular formula is C26H30ClN7O3. The third-order valence-electron chi connectivity index (χ3n) is 5.09. The predicted octanol–water partition coefficient (Wildman–Crippen LogP) is 4.55. The fraction of sp³-hybridized carbons (Fsp3) is 0.269. The van der Waals surface area contributed by atoms with E-state index in [0.29, 0.717) is 27.7 Å². The molecule has 0 radical (unpaired) electrons. The highest BCUT2D eigenvalue weighted by Crippen LogP contribution is 2.27. The number of amides is 1. The fourth-order valence-electron chi connectivity index (χ4n) is 3.11. The van der Waals surface area contributed by atoms with Gasteiger partial charge in [-0.2, -0.15) is 4.98 Å². The van der Waals surface area contributed by atoms with Gasteiger partial charge in [0.1, 0.15) is 5.82 Å². The number of aromatic nitrogens is 4. The highest BCUT2D eigenvalue weighted by atomic mass is 35.5. The van der Waals surface area contributed by atoms with Crippen LogP contribution in [0.2, 0.25) is 5.02 Å². The summed E-state index contributed by atoms with van der Waals surface area (Å²) in [5.41, 5.74) is 8.70. The van der Waals surface area contributed by atoms with Crippen molar-refractivity contribution in [2.24, 2.45) is 0 Å². The topological polar surface area (TPSA) is 143 Å². The Kier molecular flexibility index (Phi) is 9.53. The van der Waals surface area contributed by atoms with Crippen LogP contribution in [0.4, 0.5) is 17.5 Å². The van der Waals surface area contributed by atoms with Crippen LogP contribution in [0.3, 0.4) is 0 Å². The summed E-state index contributed by atoms with van der Waals surface area (Å²) in [6, 6.07) is 14.9. The highest BCUT2D eigenvalue weighted by molar-refractivity contribution is 6.34. The van der Waals surface area contributed by atoms with Gasteiger partial charge in [0, 0.05) is 38.5 Å². The normalized spacial score (nSPS) is 10.6. The molecule has 2 heterocycles. The third kappa shape index (κ3) is 7.48. The molecule has 194 valence electrons. The molecule has 37 heavy (non-hydrogen) atoms. The Hall–Kier alpha value is -4.02. The number of nitrogens with two attached hydrogens (primary N) is 1. The fourth-order valence-corrected chi connectivity index (χ4v) is 3.37. The smallest absolute Gasteiger partial charge is 0.254 e. The number of anilines is 3. The van der Waals surface area contributed by atoms with Crippen molar-refractivity contribution in [1.82, 2.24) is 25.1 Å². The van der Waals surface area contributed by atoms with Gasteiger partial charge in [-0.15, -0.1) is 10.2 Å². The molecule has 0 fully saturated rings. The largest absolute Gasteiger partial charge is 0.420 e. The first-order chi connectivity index (χ1) is 17.7. The van der Waals surface area contributed by atoms with E-state index < -0.39 is 0 Å². The third-order valence-corrected chi connectivity index (χ3v) is 5.40. The predicted molar refractivity (Wildman–Crippen MR) is 144 cm³/mol. The number of carbonyl (C=O) groups is 1. The minimum atomic E-state index is -0.179. The lowest BCUT2D eigenvalue weighted by Crippen LogP contribution is -2.21. The van der Waals surface area contributed by atoms with Gasteiger partial charge in [0.15, 0.2) is 0 Å². The number of hydrogen-bond acceptors (Lipinski definition) is 9. The van der Waals surface area contributed by atoms with Crippen LogP contribution in [-0.2, 0) is 6.42 Å². The lowest BCUT2D eigenvalue weighted by Gasteiger charge is -2.13. The first kappa shape index (κ1) is 27.6. The van der Waals surface area contributed by atoms with Gasteiger partial charge in [-0.05, 0) is 30.2 Å². The number of rotatable bonds is 7. The molecule has 1 amide bonds. The minimum Gasteiger partial charge on any atom is -0.420 e. The summed E-state index contributed by atoms with van der Waals surface area (Å²) in [5.74, 6) is 1.17. The number of carbonyl (C=O) groups excluding carboxylic acids is 1. The van der Waals surface area contributed by atoms with Crippen molar-refractivity contribution in [2.45, 2.75) is 26.2 Å². The molecule has 0 saturated carbocycles. The lowest BCUT2D eigenvalue weighted by molar-refractivity contribution is 0.0828. The Labute approximate surface area is 220 Å². The van der Waals surface area contributed by atoms with Gasteiger partial charge in [0.2, 0.25) is 11.8 Å². The molecule has 4 rings (SSSR count). The number of nitrogens with zero attached hydrogens (tertiary/aromatic N) is 5. The van der Waals surface area contributed by atoms with E-state index in [0.717, 1.165) is 6.42 Å².